The minimum Gasteiger partial charge on any atom is -0.309 e. The van der Waals surface area contributed by atoms with Crippen molar-refractivity contribution in [3.05, 3.63) is 187 Å². The van der Waals surface area contributed by atoms with E-state index in [4.69, 9.17) is 0 Å². The van der Waals surface area contributed by atoms with Gasteiger partial charge in [0.05, 0.1) is 62.1 Å². The van der Waals surface area contributed by atoms with E-state index in [2.05, 4.69) is 177 Å². The van der Waals surface area contributed by atoms with Crippen LogP contribution in [0.5, 0.6) is 0 Å². The molecule has 0 aliphatic rings. The SMILES string of the molecule is N#Cc1ccc(-c2ccc(-n3c4ccc(C#N)cc4c4ccc(-n5c6ccccc6c6ccccc65)cc43)cc2)c(-n2c3ccccc3c3ccccc32)c1. The summed E-state index contributed by atoms with van der Waals surface area (Å²) in [6.45, 7) is 0. The van der Waals surface area contributed by atoms with E-state index in [9.17, 15) is 10.5 Å². The predicted molar refractivity (Wildman–Crippen MR) is 224 cm³/mol. The molecule has 254 valence electrons. The van der Waals surface area contributed by atoms with Crippen molar-refractivity contribution in [2.24, 2.45) is 0 Å². The van der Waals surface area contributed by atoms with Crippen molar-refractivity contribution in [1.29, 1.82) is 10.5 Å². The van der Waals surface area contributed by atoms with E-state index in [1.807, 2.05) is 24.3 Å². The summed E-state index contributed by atoms with van der Waals surface area (Å²) < 4.78 is 6.93. The van der Waals surface area contributed by atoms with E-state index in [-0.39, 0.29) is 0 Å². The largest absolute Gasteiger partial charge is 0.309 e. The van der Waals surface area contributed by atoms with E-state index >= 15 is 0 Å². The third kappa shape index (κ3) is 4.51. The van der Waals surface area contributed by atoms with E-state index < -0.39 is 0 Å². The highest BCUT2D eigenvalue weighted by Crippen LogP contribution is 2.39. The van der Waals surface area contributed by atoms with Crippen LogP contribution in [0.25, 0.3) is 93.6 Å². The van der Waals surface area contributed by atoms with Crippen LogP contribution in [0.3, 0.4) is 0 Å². The number of aromatic nitrogens is 3. The van der Waals surface area contributed by atoms with E-state index in [0.717, 1.165) is 72.1 Å². The van der Waals surface area contributed by atoms with Gasteiger partial charge in [-0.2, -0.15) is 10.5 Å². The summed E-state index contributed by atoms with van der Waals surface area (Å²) in [7, 11) is 0. The van der Waals surface area contributed by atoms with Gasteiger partial charge in [0.1, 0.15) is 0 Å². The summed E-state index contributed by atoms with van der Waals surface area (Å²) in [5, 5.41) is 26.8. The first-order valence-electron chi connectivity index (χ1n) is 18.3. The van der Waals surface area contributed by atoms with Crippen LogP contribution >= 0.6 is 0 Å². The molecule has 11 aromatic rings. The summed E-state index contributed by atoms with van der Waals surface area (Å²) in [4.78, 5) is 0. The minimum atomic E-state index is 0.610. The molecule has 0 bridgehead atoms. The Kier molecular flexibility index (Phi) is 6.61. The van der Waals surface area contributed by atoms with E-state index in [0.29, 0.717) is 11.1 Å². The highest BCUT2D eigenvalue weighted by atomic mass is 15.0. The molecule has 0 amide bonds. The highest BCUT2D eigenvalue weighted by molar-refractivity contribution is 6.13. The lowest BCUT2D eigenvalue weighted by Gasteiger charge is -2.16. The standard InChI is InChI=1S/C50H29N5/c51-30-32-18-26-48-43(27-32)42-25-23-36(54-44-13-5-1-9-38(44)39-10-2-6-14-45(39)54)29-50(42)53(48)35-21-19-34(20-22-35)37-24-17-33(31-52)28-49(37)55-46-15-7-3-11-40(46)41-12-4-8-16-47(41)55/h1-29H. The molecule has 0 saturated carbocycles. The number of para-hydroxylation sites is 4. The van der Waals surface area contributed by atoms with Crippen molar-refractivity contribution in [2.75, 3.05) is 0 Å². The van der Waals surface area contributed by atoms with Gasteiger partial charge in [0.25, 0.3) is 0 Å². The van der Waals surface area contributed by atoms with Crippen LogP contribution < -0.4 is 0 Å². The second-order valence-corrected chi connectivity index (χ2v) is 14.0. The Balaban J connectivity index is 1.12. The Labute approximate surface area is 316 Å². The Morgan fingerprint density at radius 1 is 0.327 bits per heavy atom. The van der Waals surface area contributed by atoms with Crippen molar-refractivity contribution in [3.8, 4) is 40.3 Å². The third-order valence-corrected chi connectivity index (χ3v) is 11.1. The molecule has 0 spiro atoms. The molecule has 3 heterocycles. The minimum absolute atomic E-state index is 0.610. The molecule has 0 radical (unpaired) electrons. The van der Waals surface area contributed by atoms with E-state index in [1.165, 1.54) is 21.5 Å². The maximum atomic E-state index is 10.00. The average molecular weight is 700 g/mol. The number of benzene rings is 8. The zero-order valence-electron chi connectivity index (χ0n) is 29.5. The van der Waals surface area contributed by atoms with Crippen LogP contribution in [0.4, 0.5) is 0 Å². The van der Waals surface area contributed by atoms with Crippen LogP contribution in [0.15, 0.2) is 176 Å². The maximum absolute atomic E-state index is 10.00. The Hall–Kier alpha value is -7.86. The van der Waals surface area contributed by atoms with Gasteiger partial charge in [0, 0.05) is 49.3 Å². The fourth-order valence-electron chi connectivity index (χ4n) is 8.70. The van der Waals surface area contributed by atoms with Crippen LogP contribution in [-0.4, -0.2) is 13.7 Å². The Bertz CT molecular complexity index is 3350. The maximum Gasteiger partial charge on any atom is 0.0992 e. The summed E-state index contributed by atoms with van der Waals surface area (Å²) >= 11 is 0. The molecule has 8 aromatic carbocycles. The molecule has 0 aliphatic carbocycles. The topological polar surface area (TPSA) is 62.4 Å². The summed E-state index contributed by atoms with van der Waals surface area (Å²) in [6, 6.07) is 66.0. The first-order valence-corrected chi connectivity index (χ1v) is 18.3. The Morgan fingerprint density at radius 2 is 0.782 bits per heavy atom. The lowest BCUT2D eigenvalue weighted by atomic mass is 10.0. The number of rotatable bonds is 4. The van der Waals surface area contributed by atoms with Crippen LogP contribution in [0.1, 0.15) is 11.1 Å². The fourth-order valence-corrected chi connectivity index (χ4v) is 8.70. The van der Waals surface area contributed by atoms with Gasteiger partial charge in [-0.25, -0.2) is 0 Å². The first-order chi connectivity index (χ1) is 27.2. The second-order valence-electron chi connectivity index (χ2n) is 14.0. The van der Waals surface area contributed by atoms with Crippen molar-refractivity contribution >= 4 is 65.4 Å². The molecular weight excluding hydrogens is 671 g/mol. The molecule has 3 aromatic heterocycles. The second kappa shape index (κ2) is 11.8. The van der Waals surface area contributed by atoms with Crippen LogP contribution in [0, 0.1) is 22.7 Å². The molecule has 55 heavy (non-hydrogen) atoms. The van der Waals surface area contributed by atoms with Crippen LogP contribution in [-0.2, 0) is 0 Å². The van der Waals surface area contributed by atoms with Gasteiger partial charge in [0.2, 0.25) is 0 Å². The summed E-state index contributed by atoms with van der Waals surface area (Å²) in [5.41, 5.74) is 13.0. The number of hydrogen-bond donors (Lipinski definition) is 0. The predicted octanol–water partition coefficient (Wildman–Crippen LogP) is 12.4. The third-order valence-electron chi connectivity index (χ3n) is 11.1. The van der Waals surface area contributed by atoms with Crippen molar-refractivity contribution < 1.29 is 0 Å². The molecule has 0 saturated heterocycles. The number of nitriles is 2. The molecule has 5 nitrogen and oxygen atoms in total. The Morgan fingerprint density at radius 3 is 1.36 bits per heavy atom. The molecule has 11 rings (SSSR count). The average Bonchev–Trinajstić information content (AvgIpc) is 3.88. The smallest absolute Gasteiger partial charge is 0.0992 e. The number of hydrogen-bond acceptors (Lipinski definition) is 2. The van der Waals surface area contributed by atoms with Crippen LogP contribution in [0.2, 0.25) is 0 Å². The first kappa shape index (κ1) is 30.7. The van der Waals surface area contributed by atoms with Gasteiger partial charge in [0.15, 0.2) is 0 Å². The fraction of sp³-hybridized carbons (Fsp3) is 0. The van der Waals surface area contributed by atoms with Crippen molar-refractivity contribution in [1.82, 2.24) is 13.7 Å². The molecule has 0 fully saturated rings. The normalized spacial score (nSPS) is 11.6. The lowest BCUT2D eigenvalue weighted by Crippen LogP contribution is -1.99. The molecule has 0 N–H and O–H groups in total. The molecule has 0 aliphatic heterocycles. The quantitative estimate of drug-likeness (QED) is 0.184. The molecule has 0 atom stereocenters. The van der Waals surface area contributed by atoms with Gasteiger partial charge in [-0.05, 0) is 84.4 Å². The molecule has 0 unspecified atom stereocenters. The monoisotopic (exact) mass is 699 g/mol. The summed E-state index contributed by atoms with van der Waals surface area (Å²) in [5.74, 6) is 0. The van der Waals surface area contributed by atoms with Gasteiger partial charge in [-0.3, -0.25) is 0 Å². The van der Waals surface area contributed by atoms with Gasteiger partial charge >= 0.3 is 0 Å². The van der Waals surface area contributed by atoms with Crippen molar-refractivity contribution in [2.45, 2.75) is 0 Å². The molecular formula is C50H29N5. The zero-order chi connectivity index (χ0) is 36.6. The zero-order valence-corrected chi connectivity index (χ0v) is 29.5. The molecule has 5 heteroatoms. The van der Waals surface area contributed by atoms with E-state index in [1.54, 1.807) is 0 Å². The summed E-state index contributed by atoms with van der Waals surface area (Å²) in [6.07, 6.45) is 0. The lowest BCUT2D eigenvalue weighted by molar-refractivity contribution is 1.15. The van der Waals surface area contributed by atoms with Gasteiger partial charge < -0.3 is 13.7 Å². The number of nitrogens with zero attached hydrogens (tertiary/aromatic N) is 5. The highest BCUT2D eigenvalue weighted by Gasteiger charge is 2.19. The van der Waals surface area contributed by atoms with Gasteiger partial charge in [-0.1, -0.05) is 97.1 Å². The number of fused-ring (bicyclic) bond motifs is 9. The van der Waals surface area contributed by atoms with Crippen molar-refractivity contribution in [3.63, 3.8) is 0 Å². The van der Waals surface area contributed by atoms with Gasteiger partial charge in [-0.15, -0.1) is 0 Å².